The Kier molecular flexibility index (Phi) is 66.2. The van der Waals surface area contributed by atoms with Gasteiger partial charge in [0.15, 0.2) is 12.2 Å². The number of carbonyl (C=O) groups excluding carboxylic acids is 4. The molecule has 0 fully saturated rings. The molecule has 0 aliphatic heterocycles. The molecular formula is C77H150O17P2. The molecule has 19 heteroatoms. The van der Waals surface area contributed by atoms with Crippen molar-refractivity contribution in [1.82, 2.24) is 0 Å². The van der Waals surface area contributed by atoms with Crippen LogP contribution in [0.5, 0.6) is 0 Å². The third kappa shape index (κ3) is 70.5. The fraction of sp³-hybridized carbons (Fsp3) is 0.948. The molecule has 0 saturated carbocycles. The topological polar surface area (TPSA) is 237 Å². The zero-order valence-corrected chi connectivity index (χ0v) is 64.6. The molecule has 0 rings (SSSR count). The van der Waals surface area contributed by atoms with E-state index in [2.05, 4.69) is 48.5 Å². The number of carbonyl (C=O) groups is 4. The van der Waals surface area contributed by atoms with Crippen molar-refractivity contribution in [3.8, 4) is 0 Å². The second kappa shape index (κ2) is 67.5. The van der Waals surface area contributed by atoms with E-state index in [0.717, 1.165) is 114 Å². The largest absolute Gasteiger partial charge is 0.472 e. The van der Waals surface area contributed by atoms with Crippen LogP contribution in [0, 0.1) is 17.8 Å². The minimum absolute atomic E-state index is 0.106. The Hall–Kier alpha value is -1.94. The Morgan fingerprint density at radius 2 is 0.479 bits per heavy atom. The van der Waals surface area contributed by atoms with E-state index in [1.807, 2.05) is 0 Å². The van der Waals surface area contributed by atoms with E-state index in [1.165, 1.54) is 199 Å². The molecule has 0 aromatic heterocycles. The highest BCUT2D eigenvalue weighted by atomic mass is 31.2. The number of unbranched alkanes of at least 4 members (excludes halogenated alkanes) is 43. The smallest absolute Gasteiger partial charge is 0.462 e. The SMILES string of the molecule is CCCCCCCC(=O)OC[C@H](COP(=O)(O)OC[C@H](O)COP(=O)(O)OC[C@@H](COC(=O)CCCCCCCCCCCCCCCCC(C)C)OC(=O)CCCCCCCCCCCCCCCCCC(C)C)OC(=O)CCCCCCCCCCCCCCCC(C)C. The first-order valence-corrected chi connectivity index (χ1v) is 42.8. The predicted octanol–water partition coefficient (Wildman–Crippen LogP) is 22.6. The average molecular weight is 1410 g/mol. The molecule has 0 saturated heterocycles. The summed E-state index contributed by atoms with van der Waals surface area (Å²) in [6.45, 7) is 11.9. The highest BCUT2D eigenvalue weighted by Crippen LogP contribution is 2.45. The third-order valence-electron chi connectivity index (χ3n) is 17.9. The number of rotatable bonds is 75. The molecule has 0 amide bonds. The van der Waals surface area contributed by atoms with Gasteiger partial charge in [-0.05, 0) is 43.4 Å². The molecule has 3 N–H and O–H groups in total. The van der Waals surface area contributed by atoms with Gasteiger partial charge in [-0.1, -0.05) is 344 Å². The molecule has 0 bridgehead atoms. The van der Waals surface area contributed by atoms with Crippen LogP contribution in [-0.2, 0) is 65.4 Å². The summed E-state index contributed by atoms with van der Waals surface area (Å²) in [5.74, 6) is 0.262. The van der Waals surface area contributed by atoms with Crippen LogP contribution in [0.15, 0.2) is 0 Å². The standard InChI is InChI=1S/C77H150O17P2/c1-8-9-10-41-51-58-74(79)87-64-72(93-76(81)60-54-47-40-34-28-22-16-19-25-31-37-44-50-57-70(6)7)66-91-95(83,84)89-62-71(78)63-90-96(85,86)92-67-73(65-88-75(80)59-52-45-38-32-26-20-15-14-18-24-30-36-43-49-56-69(4)5)94-77(82)61-53-46-39-33-27-21-13-11-12-17-23-29-35-42-48-55-68(2)3/h68-73,78H,8-67H2,1-7H3,(H,83,84)(H,85,86)/t71-,72+,73+/m0/s1. The second-order valence-electron chi connectivity index (χ2n) is 29.2. The first-order chi connectivity index (χ1) is 46.2. The van der Waals surface area contributed by atoms with Crippen LogP contribution in [0.25, 0.3) is 0 Å². The van der Waals surface area contributed by atoms with Crippen LogP contribution in [-0.4, -0.2) is 96.7 Å². The quantitative estimate of drug-likeness (QED) is 0.0222. The lowest BCUT2D eigenvalue weighted by Gasteiger charge is -2.21. The number of aliphatic hydroxyl groups excluding tert-OH is 1. The summed E-state index contributed by atoms with van der Waals surface area (Å²) >= 11 is 0. The van der Waals surface area contributed by atoms with Gasteiger partial charge in [-0.25, -0.2) is 9.13 Å². The first kappa shape index (κ1) is 94.1. The molecule has 0 aromatic carbocycles. The fourth-order valence-electron chi connectivity index (χ4n) is 11.8. The van der Waals surface area contributed by atoms with E-state index in [9.17, 15) is 43.2 Å². The van der Waals surface area contributed by atoms with Gasteiger partial charge in [-0.3, -0.25) is 37.3 Å². The molecule has 0 heterocycles. The van der Waals surface area contributed by atoms with Gasteiger partial charge in [0.1, 0.15) is 19.3 Å². The molecule has 0 spiro atoms. The van der Waals surface area contributed by atoms with Gasteiger partial charge in [0.05, 0.1) is 26.4 Å². The van der Waals surface area contributed by atoms with Crippen molar-refractivity contribution in [2.75, 3.05) is 39.6 Å². The Balaban J connectivity index is 5.14. The third-order valence-corrected chi connectivity index (χ3v) is 19.8. The molecule has 0 radical (unpaired) electrons. The second-order valence-corrected chi connectivity index (χ2v) is 32.1. The molecule has 5 atom stereocenters. The minimum atomic E-state index is -4.96. The number of hydrogen-bond acceptors (Lipinski definition) is 15. The van der Waals surface area contributed by atoms with Gasteiger partial charge >= 0.3 is 39.5 Å². The molecule has 96 heavy (non-hydrogen) atoms. The molecule has 17 nitrogen and oxygen atoms in total. The van der Waals surface area contributed by atoms with E-state index in [4.69, 9.17) is 37.0 Å². The van der Waals surface area contributed by atoms with Crippen LogP contribution in [0.3, 0.4) is 0 Å². The lowest BCUT2D eigenvalue weighted by molar-refractivity contribution is -0.161. The van der Waals surface area contributed by atoms with E-state index in [0.29, 0.717) is 25.7 Å². The van der Waals surface area contributed by atoms with Gasteiger partial charge < -0.3 is 33.8 Å². The van der Waals surface area contributed by atoms with E-state index >= 15 is 0 Å². The van der Waals surface area contributed by atoms with Crippen LogP contribution in [0.2, 0.25) is 0 Å². The maximum atomic E-state index is 13.1. The van der Waals surface area contributed by atoms with Crippen molar-refractivity contribution in [2.24, 2.45) is 17.8 Å². The number of esters is 4. The number of phosphoric ester groups is 2. The number of aliphatic hydroxyl groups is 1. The van der Waals surface area contributed by atoms with E-state index in [-0.39, 0.29) is 25.7 Å². The molecule has 0 aliphatic rings. The normalized spacial score (nSPS) is 14.1. The summed E-state index contributed by atoms with van der Waals surface area (Å²) in [4.78, 5) is 72.6. The van der Waals surface area contributed by atoms with Crippen LogP contribution >= 0.6 is 15.6 Å². The van der Waals surface area contributed by atoms with Crippen molar-refractivity contribution in [1.29, 1.82) is 0 Å². The van der Waals surface area contributed by atoms with E-state index < -0.39 is 97.5 Å². The molecule has 0 aliphatic carbocycles. The van der Waals surface area contributed by atoms with Crippen molar-refractivity contribution in [2.45, 2.75) is 414 Å². The Morgan fingerprint density at radius 3 is 0.708 bits per heavy atom. The monoisotopic (exact) mass is 1410 g/mol. The van der Waals surface area contributed by atoms with Gasteiger partial charge in [0.25, 0.3) is 0 Å². The fourth-order valence-corrected chi connectivity index (χ4v) is 13.4. The summed E-state index contributed by atoms with van der Waals surface area (Å²) in [6.07, 6.45) is 54.5. The van der Waals surface area contributed by atoms with Crippen molar-refractivity contribution < 1.29 is 80.2 Å². The number of ether oxygens (including phenoxy) is 4. The summed E-state index contributed by atoms with van der Waals surface area (Å²) in [7, 11) is -9.90. The molecule has 2 unspecified atom stereocenters. The Labute approximate surface area is 588 Å². The zero-order valence-electron chi connectivity index (χ0n) is 62.8. The lowest BCUT2D eigenvalue weighted by atomic mass is 10.0. The van der Waals surface area contributed by atoms with Gasteiger partial charge in [-0.2, -0.15) is 0 Å². The maximum Gasteiger partial charge on any atom is 0.472 e. The highest BCUT2D eigenvalue weighted by Gasteiger charge is 2.30. The lowest BCUT2D eigenvalue weighted by Crippen LogP contribution is -2.30. The van der Waals surface area contributed by atoms with Gasteiger partial charge in [0.2, 0.25) is 0 Å². The summed E-state index contributed by atoms with van der Waals surface area (Å²) in [5.41, 5.74) is 0. The predicted molar refractivity (Wildman–Crippen MR) is 391 cm³/mol. The van der Waals surface area contributed by atoms with E-state index in [1.54, 1.807) is 0 Å². The molecule has 0 aromatic rings. The zero-order chi connectivity index (χ0) is 70.9. The number of hydrogen-bond donors (Lipinski definition) is 3. The van der Waals surface area contributed by atoms with Gasteiger partial charge in [0, 0.05) is 25.7 Å². The van der Waals surface area contributed by atoms with Crippen molar-refractivity contribution in [3.63, 3.8) is 0 Å². The summed E-state index contributed by atoms with van der Waals surface area (Å²) < 4.78 is 68.4. The Morgan fingerprint density at radius 1 is 0.281 bits per heavy atom. The van der Waals surface area contributed by atoms with Crippen LogP contribution in [0.4, 0.5) is 0 Å². The maximum absolute atomic E-state index is 13.1. The minimum Gasteiger partial charge on any atom is -0.462 e. The van der Waals surface area contributed by atoms with Crippen molar-refractivity contribution >= 4 is 39.5 Å². The van der Waals surface area contributed by atoms with Crippen LogP contribution in [0.1, 0.15) is 395 Å². The summed E-state index contributed by atoms with van der Waals surface area (Å²) in [6, 6.07) is 0. The number of phosphoric acid groups is 2. The molecule has 570 valence electrons. The average Bonchev–Trinajstić information content (AvgIpc) is 1.31. The van der Waals surface area contributed by atoms with Crippen LogP contribution < -0.4 is 0 Å². The molecular weight excluding hydrogens is 1260 g/mol. The van der Waals surface area contributed by atoms with Crippen molar-refractivity contribution in [3.05, 3.63) is 0 Å². The highest BCUT2D eigenvalue weighted by molar-refractivity contribution is 7.47. The first-order valence-electron chi connectivity index (χ1n) is 39.8. The summed E-state index contributed by atoms with van der Waals surface area (Å²) in [5, 5.41) is 10.6. The van der Waals surface area contributed by atoms with Gasteiger partial charge in [-0.15, -0.1) is 0 Å². The Bertz CT molecular complexity index is 1870.